The Balaban J connectivity index is 1.70. The Bertz CT molecular complexity index is 1180. The largest absolute Gasteiger partial charge is 0.507 e. The van der Waals surface area contributed by atoms with Gasteiger partial charge in [0.1, 0.15) is 11.3 Å². The Morgan fingerprint density at radius 3 is 2.78 bits per heavy atom. The zero-order valence-electron chi connectivity index (χ0n) is 14.3. The summed E-state index contributed by atoms with van der Waals surface area (Å²) in [5, 5.41) is 10.8. The molecule has 0 amide bonds. The van der Waals surface area contributed by atoms with E-state index in [-0.39, 0.29) is 5.75 Å². The standard InChI is InChI=1S/C21H14Cl2N2O2/c1-12-5-7-18(26)13(9-12)11-24-14-6-8-19-17(10-14)25-21(27-19)15-3-2-4-16(22)20(15)23/h2-11,26H,1H3. The van der Waals surface area contributed by atoms with Crippen molar-refractivity contribution in [2.45, 2.75) is 6.92 Å². The van der Waals surface area contributed by atoms with Crippen molar-refractivity contribution in [2.75, 3.05) is 0 Å². The maximum Gasteiger partial charge on any atom is 0.228 e. The van der Waals surface area contributed by atoms with Gasteiger partial charge in [0.15, 0.2) is 5.58 Å². The number of phenolic OH excluding ortho intramolecular Hbond substituents is 1. The minimum Gasteiger partial charge on any atom is -0.507 e. The summed E-state index contributed by atoms with van der Waals surface area (Å²) in [6.07, 6.45) is 1.62. The lowest BCUT2D eigenvalue weighted by Crippen LogP contribution is -1.83. The highest BCUT2D eigenvalue weighted by molar-refractivity contribution is 6.43. The number of aliphatic imine (C=N–C) groups is 1. The number of phenols is 1. The Labute approximate surface area is 165 Å². The molecule has 4 nitrogen and oxygen atoms in total. The monoisotopic (exact) mass is 396 g/mol. The predicted molar refractivity (Wildman–Crippen MR) is 110 cm³/mol. The van der Waals surface area contributed by atoms with Crippen molar-refractivity contribution in [3.8, 4) is 17.2 Å². The molecule has 0 spiro atoms. The lowest BCUT2D eigenvalue weighted by Gasteiger charge is -2.00. The van der Waals surface area contributed by atoms with Crippen molar-refractivity contribution >= 4 is 46.2 Å². The minimum atomic E-state index is 0.185. The molecule has 4 aromatic rings. The van der Waals surface area contributed by atoms with E-state index in [0.29, 0.717) is 43.9 Å². The molecule has 1 aromatic heterocycles. The second-order valence-corrected chi connectivity index (χ2v) is 6.88. The first-order valence-corrected chi connectivity index (χ1v) is 8.95. The van der Waals surface area contributed by atoms with E-state index < -0.39 is 0 Å². The predicted octanol–water partition coefficient (Wildman–Crippen LogP) is 6.57. The fourth-order valence-corrected chi connectivity index (χ4v) is 3.08. The smallest absolute Gasteiger partial charge is 0.228 e. The van der Waals surface area contributed by atoms with Crippen LogP contribution in [0.15, 0.2) is 64.0 Å². The Hall–Kier alpha value is -2.82. The van der Waals surface area contributed by atoms with E-state index in [4.69, 9.17) is 27.6 Å². The highest BCUT2D eigenvalue weighted by atomic mass is 35.5. The molecule has 0 unspecified atom stereocenters. The highest BCUT2D eigenvalue weighted by Crippen LogP contribution is 2.35. The van der Waals surface area contributed by atoms with E-state index in [2.05, 4.69) is 9.98 Å². The van der Waals surface area contributed by atoms with Crippen molar-refractivity contribution in [2.24, 2.45) is 4.99 Å². The molecular formula is C21H14Cl2N2O2. The van der Waals surface area contributed by atoms with E-state index in [9.17, 15) is 5.11 Å². The zero-order valence-corrected chi connectivity index (χ0v) is 15.8. The molecular weight excluding hydrogens is 383 g/mol. The molecule has 4 rings (SSSR count). The van der Waals surface area contributed by atoms with Crippen LogP contribution >= 0.6 is 23.2 Å². The molecule has 134 valence electrons. The van der Waals surface area contributed by atoms with Gasteiger partial charge in [-0.05, 0) is 49.4 Å². The summed E-state index contributed by atoms with van der Waals surface area (Å²) in [5.41, 5.74) is 4.31. The van der Waals surface area contributed by atoms with Crippen molar-refractivity contribution in [3.63, 3.8) is 0 Å². The first-order chi connectivity index (χ1) is 13.0. The molecule has 0 fully saturated rings. The van der Waals surface area contributed by atoms with Gasteiger partial charge in [0.05, 0.1) is 21.3 Å². The third-order valence-electron chi connectivity index (χ3n) is 4.09. The molecule has 0 aliphatic heterocycles. The summed E-state index contributed by atoms with van der Waals surface area (Å²) in [4.78, 5) is 8.93. The van der Waals surface area contributed by atoms with E-state index >= 15 is 0 Å². The molecule has 0 atom stereocenters. The van der Waals surface area contributed by atoms with Crippen LogP contribution in [0, 0.1) is 6.92 Å². The van der Waals surface area contributed by atoms with Crippen LogP contribution in [0.1, 0.15) is 11.1 Å². The van der Waals surface area contributed by atoms with E-state index in [1.54, 1.807) is 36.5 Å². The SMILES string of the molecule is Cc1ccc(O)c(C=Nc2ccc3oc(-c4cccc(Cl)c4Cl)nc3c2)c1. The van der Waals surface area contributed by atoms with Gasteiger partial charge in [0, 0.05) is 11.8 Å². The van der Waals surface area contributed by atoms with Crippen LogP contribution in [0.25, 0.3) is 22.6 Å². The van der Waals surface area contributed by atoms with Crippen molar-refractivity contribution < 1.29 is 9.52 Å². The average Bonchev–Trinajstić information content (AvgIpc) is 3.07. The van der Waals surface area contributed by atoms with Crippen molar-refractivity contribution in [1.29, 1.82) is 0 Å². The first-order valence-electron chi connectivity index (χ1n) is 8.20. The molecule has 6 heteroatoms. The van der Waals surface area contributed by atoms with E-state index in [1.807, 2.05) is 31.2 Å². The molecule has 0 bridgehead atoms. The molecule has 1 heterocycles. The van der Waals surface area contributed by atoms with E-state index in [1.165, 1.54) is 0 Å². The van der Waals surface area contributed by atoms with Crippen molar-refractivity contribution in [3.05, 3.63) is 75.8 Å². The molecule has 0 radical (unpaired) electrons. The van der Waals surface area contributed by atoms with Crippen LogP contribution in [-0.2, 0) is 0 Å². The van der Waals surface area contributed by atoms with Gasteiger partial charge in [-0.2, -0.15) is 0 Å². The Kier molecular flexibility index (Phi) is 4.60. The number of hydrogen-bond acceptors (Lipinski definition) is 4. The summed E-state index contributed by atoms with van der Waals surface area (Å²) < 4.78 is 5.80. The zero-order chi connectivity index (χ0) is 19.0. The number of rotatable bonds is 3. The molecule has 1 N–H and O–H groups in total. The van der Waals surface area contributed by atoms with Gasteiger partial charge in [-0.1, -0.05) is 40.9 Å². The van der Waals surface area contributed by atoms with Crippen LogP contribution in [0.4, 0.5) is 5.69 Å². The second kappa shape index (κ2) is 7.06. The van der Waals surface area contributed by atoms with Crippen LogP contribution in [0.2, 0.25) is 10.0 Å². The molecule has 0 saturated heterocycles. The minimum absolute atomic E-state index is 0.185. The number of hydrogen-bond donors (Lipinski definition) is 1. The molecule has 0 saturated carbocycles. The third-order valence-corrected chi connectivity index (χ3v) is 4.91. The average molecular weight is 397 g/mol. The van der Waals surface area contributed by atoms with Crippen molar-refractivity contribution in [1.82, 2.24) is 4.98 Å². The molecule has 0 aliphatic carbocycles. The van der Waals surface area contributed by atoms with Gasteiger partial charge in [0.2, 0.25) is 5.89 Å². The van der Waals surface area contributed by atoms with Crippen LogP contribution in [-0.4, -0.2) is 16.3 Å². The first kappa shape index (κ1) is 17.6. The normalized spacial score (nSPS) is 11.5. The Morgan fingerprint density at radius 2 is 1.93 bits per heavy atom. The fourth-order valence-electron chi connectivity index (χ4n) is 2.70. The van der Waals surface area contributed by atoms with Crippen LogP contribution < -0.4 is 0 Å². The Morgan fingerprint density at radius 1 is 1.07 bits per heavy atom. The topological polar surface area (TPSA) is 58.6 Å². The summed E-state index contributed by atoms with van der Waals surface area (Å²) in [6, 6.07) is 16.1. The summed E-state index contributed by atoms with van der Waals surface area (Å²) in [6.45, 7) is 1.96. The molecule has 0 aliphatic rings. The fraction of sp³-hybridized carbons (Fsp3) is 0.0476. The second-order valence-electron chi connectivity index (χ2n) is 6.09. The number of nitrogens with zero attached hydrogens (tertiary/aromatic N) is 2. The quantitative estimate of drug-likeness (QED) is 0.398. The highest BCUT2D eigenvalue weighted by Gasteiger charge is 2.13. The number of benzene rings is 3. The van der Waals surface area contributed by atoms with Crippen LogP contribution in [0.3, 0.4) is 0 Å². The number of aryl methyl sites for hydroxylation is 1. The lowest BCUT2D eigenvalue weighted by atomic mass is 10.1. The van der Waals surface area contributed by atoms with Gasteiger partial charge in [-0.25, -0.2) is 4.98 Å². The summed E-state index contributed by atoms with van der Waals surface area (Å²) >= 11 is 12.3. The van der Waals surface area contributed by atoms with Gasteiger partial charge in [0.25, 0.3) is 0 Å². The van der Waals surface area contributed by atoms with Crippen LogP contribution in [0.5, 0.6) is 5.75 Å². The lowest BCUT2D eigenvalue weighted by molar-refractivity contribution is 0.474. The number of oxazole rings is 1. The summed E-state index contributed by atoms with van der Waals surface area (Å²) in [5.74, 6) is 0.583. The van der Waals surface area contributed by atoms with Gasteiger partial charge in [-0.15, -0.1) is 0 Å². The maximum atomic E-state index is 9.92. The number of fused-ring (bicyclic) bond motifs is 1. The maximum absolute atomic E-state index is 9.92. The third kappa shape index (κ3) is 3.54. The number of aromatic hydroxyl groups is 1. The molecule has 27 heavy (non-hydrogen) atoms. The summed E-state index contributed by atoms with van der Waals surface area (Å²) in [7, 11) is 0. The number of halogens is 2. The van der Waals surface area contributed by atoms with Gasteiger partial charge >= 0.3 is 0 Å². The molecule has 3 aromatic carbocycles. The number of aromatic nitrogens is 1. The van der Waals surface area contributed by atoms with Gasteiger partial charge < -0.3 is 9.52 Å². The van der Waals surface area contributed by atoms with E-state index in [0.717, 1.165) is 5.56 Å². The van der Waals surface area contributed by atoms with Gasteiger partial charge in [-0.3, -0.25) is 4.99 Å².